The Labute approximate surface area is 140 Å². The number of aromatic nitrogens is 1. The first-order valence-corrected chi connectivity index (χ1v) is 10.9. The van der Waals surface area contributed by atoms with Gasteiger partial charge in [0.25, 0.3) is 0 Å². The maximum atomic E-state index is 6.30. The predicted molar refractivity (Wildman–Crippen MR) is 98.2 cm³/mol. The number of hydrogen-bond donors (Lipinski definition) is 0. The Morgan fingerprint density at radius 3 is 2.48 bits per heavy atom. The lowest BCUT2D eigenvalue weighted by atomic mass is 10.1. The molecule has 0 spiro atoms. The van der Waals surface area contributed by atoms with Gasteiger partial charge in [0.15, 0.2) is 8.32 Å². The second-order valence-corrected chi connectivity index (χ2v) is 12.1. The van der Waals surface area contributed by atoms with Crippen LogP contribution in [0.3, 0.4) is 0 Å². The molecular weight excluding hydrogens is 302 g/mol. The van der Waals surface area contributed by atoms with E-state index in [9.17, 15) is 0 Å². The summed E-state index contributed by atoms with van der Waals surface area (Å²) in [6.07, 6.45) is 1.85. The zero-order chi connectivity index (χ0) is 17.1. The second kappa shape index (κ2) is 6.85. The van der Waals surface area contributed by atoms with E-state index >= 15 is 0 Å². The molecule has 0 unspecified atom stereocenters. The van der Waals surface area contributed by atoms with Crippen molar-refractivity contribution in [2.75, 3.05) is 7.11 Å². The summed E-state index contributed by atoms with van der Waals surface area (Å²) >= 11 is 0. The van der Waals surface area contributed by atoms with Crippen molar-refractivity contribution >= 4 is 8.32 Å². The molecule has 0 saturated heterocycles. The molecule has 1 heterocycles. The zero-order valence-electron chi connectivity index (χ0n) is 15.0. The summed E-state index contributed by atoms with van der Waals surface area (Å²) in [6.45, 7) is 12.0. The number of ether oxygens (including phenoxy) is 1. The van der Waals surface area contributed by atoms with Crippen LogP contribution in [-0.2, 0) is 11.0 Å². The largest absolute Gasteiger partial charge is 0.497 e. The summed E-state index contributed by atoms with van der Waals surface area (Å²) in [5.74, 6) is 0.840. The fraction of sp³-hybridized carbons (Fsp3) is 0.421. The lowest BCUT2D eigenvalue weighted by Gasteiger charge is -2.36. The van der Waals surface area contributed by atoms with Crippen molar-refractivity contribution < 1.29 is 9.16 Å². The summed E-state index contributed by atoms with van der Waals surface area (Å²) in [4.78, 5) is 4.48. The van der Waals surface area contributed by atoms with Crippen LogP contribution in [0.15, 0.2) is 42.6 Å². The molecule has 1 aromatic carbocycles. The molecule has 0 aliphatic heterocycles. The summed E-state index contributed by atoms with van der Waals surface area (Å²) in [5.41, 5.74) is 3.15. The van der Waals surface area contributed by atoms with Gasteiger partial charge in [-0.2, -0.15) is 0 Å². The Hall–Kier alpha value is -1.65. The summed E-state index contributed by atoms with van der Waals surface area (Å²) in [6, 6.07) is 12.1. The third-order valence-corrected chi connectivity index (χ3v) is 9.07. The molecule has 2 aromatic rings. The van der Waals surface area contributed by atoms with E-state index in [0.29, 0.717) is 6.61 Å². The minimum absolute atomic E-state index is 0.218. The summed E-state index contributed by atoms with van der Waals surface area (Å²) in [5, 5.41) is 0.218. The van der Waals surface area contributed by atoms with Gasteiger partial charge in [-0.3, -0.25) is 4.98 Å². The van der Waals surface area contributed by atoms with Crippen LogP contribution >= 0.6 is 0 Å². The van der Waals surface area contributed by atoms with E-state index in [1.165, 1.54) is 0 Å². The lowest BCUT2D eigenvalue weighted by molar-refractivity contribution is 0.276. The molecular formula is C19H27NO2Si. The van der Waals surface area contributed by atoms with Crippen LogP contribution in [0.1, 0.15) is 26.3 Å². The quantitative estimate of drug-likeness (QED) is 0.699. The monoisotopic (exact) mass is 329 g/mol. The van der Waals surface area contributed by atoms with Gasteiger partial charge in [-0.05, 0) is 48.0 Å². The van der Waals surface area contributed by atoms with Crippen molar-refractivity contribution in [3.63, 3.8) is 0 Å². The Morgan fingerprint density at radius 2 is 1.83 bits per heavy atom. The molecule has 0 aliphatic rings. The average Bonchev–Trinajstić information content (AvgIpc) is 2.52. The highest BCUT2D eigenvalue weighted by atomic mass is 28.4. The Kier molecular flexibility index (Phi) is 5.27. The van der Waals surface area contributed by atoms with E-state index in [4.69, 9.17) is 9.16 Å². The van der Waals surface area contributed by atoms with Crippen LogP contribution in [0.25, 0.3) is 11.3 Å². The number of hydrogen-bond acceptors (Lipinski definition) is 3. The zero-order valence-corrected chi connectivity index (χ0v) is 16.0. The van der Waals surface area contributed by atoms with Crippen LogP contribution in [0.2, 0.25) is 18.1 Å². The molecule has 3 nitrogen and oxygen atoms in total. The molecule has 124 valence electrons. The molecule has 4 heteroatoms. The standard InChI is InChI=1S/C19H27NO2Si/c1-19(2,3)23(5,6)22-14-15-10-11-20-18(12-15)16-8-7-9-17(13-16)21-4/h7-13H,14H2,1-6H3. The normalized spacial score (nSPS) is 12.3. The van der Waals surface area contributed by atoms with Crippen molar-refractivity contribution in [1.29, 1.82) is 0 Å². The van der Waals surface area contributed by atoms with Crippen molar-refractivity contribution in [1.82, 2.24) is 4.98 Å². The maximum Gasteiger partial charge on any atom is 0.192 e. The first-order valence-electron chi connectivity index (χ1n) is 7.96. The van der Waals surface area contributed by atoms with Crippen molar-refractivity contribution in [2.24, 2.45) is 0 Å². The molecule has 0 amide bonds. The van der Waals surface area contributed by atoms with Crippen molar-refractivity contribution in [3.8, 4) is 17.0 Å². The van der Waals surface area contributed by atoms with Gasteiger partial charge in [0.2, 0.25) is 0 Å². The fourth-order valence-corrected chi connectivity index (χ4v) is 2.95. The highest BCUT2D eigenvalue weighted by Gasteiger charge is 2.36. The Morgan fingerprint density at radius 1 is 1.09 bits per heavy atom. The van der Waals surface area contributed by atoms with E-state index < -0.39 is 8.32 Å². The number of nitrogens with zero attached hydrogens (tertiary/aromatic N) is 1. The summed E-state index contributed by atoms with van der Waals surface area (Å²) < 4.78 is 11.6. The predicted octanol–water partition coefficient (Wildman–Crippen LogP) is 5.28. The molecule has 1 aromatic heterocycles. The lowest BCUT2D eigenvalue weighted by Crippen LogP contribution is -2.40. The molecule has 0 radical (unpaired) electrons. The molecule has 0 fully saturated rings. The maximum absolute atomic E-state index is 6.30. The molecule has 0 aliphatic carbocycles. The SMILES string of the molecule is COc1cccc(-c2cc(CO[Si](C)(C)C(C)(C)C)ccn2)c1. The van der Waals surface area contributed by atoms with Gasteiger partial charge in [-0.15, -0.1) is 0 Å². The first kappa shape index (κ1) is 17.7. The van der Waals surface area contributed by atoms with E-state index in [0.717, 1.165) is 22.6 Å². The number of benzene rings is 1. The Balaban J connectivity index is 2.17. The van der Waals surface area contributed by atoms with E-state index in [-0.39, 0.29) is 5.04 Å². The molecule has 0 saturated carbocycles. The van der Waals surface area contributed by atoms with E-state index in [1.807, 2.05) is 36.5 Å². The van der Waals surface area contributed by atoms with Crippen molar-refractivity contribution in [3.05, 3.63) is 48.2 Å². The molecule has 0 N–H and O–H groups in total. The van der Waals surface area contributed by atoms with Crippen molar-refractivity contribution in [2.45, 2.75) is 45.5 Å². The van der Waals surface area contributed by atoms with Crippen LogP contribution in [-0.4, -0.2) is 20.4 Å². The van der Waals surface area contributed by atoms with Gasteiger partial charge in [0.1, 0.15) is 5.75 Å². The topological polar surface area (TPSA) is 31.4 Å². The van der Waals surface area contributed by atoms with Gasteiger partial charge in [0.05, 0.1) is 19.4 Å². The highest BCUT2D eigenvalue weighted by molar-refractivity contribution is 6.74. The molecule has 2 rings (SSSR count). The number of methoxy groups -OCH3 is 1. The smallest absolute Gasteiger partial charge is 0.192 e. The highest BCUT2D eigenvalue weighted by Crippen LogP contribution is 2.37. The van der Waals surface area contributed by atoms with Crippen LogP contribution in [0.5, 0.6) is 5.75 Å². The third-order valence-electron chi connectivity index (χ3n) is 4.60. The van der Waals surface area contributed by atoms with Gasteiger partial charge < -0.3 is 9.16 Å². The number of rotatable bonds is 5. The molecule has 23 heavy (non-hydrogen) atoms. The van der Waals surface area contributed by atoms with Gasteiger partial charge in [0, 0.05) is 11.8 Å². The van der Waals surface area contributed by atoms with E-state index in [2.05, 4.69) is 44.9 Å². The van der Waals surface area contributed by atoms with E-state index in [1.54, 1.807) is 7.11 Å². The first-order chi connectivity index (χ1) is 10.7. The summed E-state index contributed by atoms with van der Waals surface area (Å²) in [7, 11) is -0.0629. The minimum Gasteiger partial charge on any atom is -0.497 e. The van der Waals surface area contributed by atoms with Crippen LogP contribution in [0, 0.1) is 0 Å². The van der Waals surface area contributed by atoms with Crippen LogP contribution < -0.4 is 4.74 Å². The third kappa shape index (κ3) is 4.42. The average molecular weight is 330 g/mol. The minimum atomic E-state index is -1.74. The fourth-order valence-electron chi connectivity index (χ4n) is 1.98. The second-order valence-electron chi connectivity index (χ2n) is 7.33. The van der Waals surface area contributed by atoms with Crippen LogP contribution in [0.4, 0.5) is 0 Å². The van der Waals surface area contributed by atoms with Gasteiger partial charge >= 0.3 is 0 Å². The molecule has 0 atom stereocenters. The molecule has 0 bridgehead atoms. The number of pyridine rings is 1. The van der Waals surface area contributed by atoms with Gasteiger partial charge in [-0.25, -0.2) is 0 Å². The van der Waals surface area contributed by atoms with Gasteiger partial charge in [-0.1, -0.05) is 32.9 Å². The Bertz CT molecular complexity index is 662.